The molecule has 0 radical (unpaired) electrons. The molecule has 1 aromatic carbocycles. The summed E-state index contributed by atoms with van der Waals surface area (Å²) < 4.78 is 0. The highest BCUT2D eigenvalue weighted by Crippen LogP contribution is 2.24. The van der Waals surface area contributed by atoms with Crippen molar-refractivity contribution in [1.82, 2.24) is 30.2 Å². The second-order valence-corrected chi connectivity index (χ2v) is 4.35. The third-order valence-corrected chi connectivity index (χ3v) is 3.11. The fraction of sp³-hybridized carbons (Fsp3) is 0. The van der Waals surface area contributed by atoms with Crippen molar-refractivity contribution in [2.45, 2.75) is 0 Å². The smallest absolute Gasteiger partial charge is 0.204 e. The van der Waals surface area contributed by atoms with E-state index in [4.69, 9.17) is 0 Å². The number of fused-ring (bicyclic) bond motifs is 1. The quantitative estimate of drug-likeness (QED) is 0.601. The van der Waals surface area contributed by atoms with E-state index in [9.17, 15) is 0 Å². The van der Waals surface area contributed by atoms with Crippen molar-refractivity contribution < 1.29 is 0 Å². The average molecular weight is 262 g/mol. The standard InChI is InChI=1S/C14H10N6/c1-2-4-10(5-3-1)11-8-12-13(15-9-11)18-19-14(12)20-16-6-7-17-20/h1-9H,(H,15,18,19). The van der Waals surface area contributed by atoms with E-state index in [0.29, 0.717) is 5.82 Å². The van der Waals surface area contributed by atoms with Crippen LogP contribution in [0.4, 0.5) is 0 Å². The first kappa shape index (κ1) is 10.9. The number of H-pyrrole nitrogens is 1. The maximum absolute atomic E-state index is 4.40. The molecule has 0 aliphatic carbocycles. The van der Waals surface area contributed by atoms with Crippen LogP contribution in [0, 0.1) is 0 Å². The van der Waals surface area contributed by atoms with Crippen LogP contribution >= 0.6 is 0 Å². The molecule has 4 aromatic rings. The van der Waals surface area contributed by atoms with E-state index in [2.05, 4.69) is 37.5 Å². The second-order valence-electron chi connectivity index (χ2n) is 4.35. The Kier molecular flexibility index (Phi) is 2.32. The Balaban J connectivity index is 1.92. The van der Waals surface area contributed by atoms with Gasteiger partial charge in [0, 0.05) is 11.8 Å². The summed E-state index contributed by atoms with van der Waals surface area (Å²) in [6, 6.07) is 12.1. The van der Waals surface area contributed by atoms with Gasteiger partial charge in [0.15, 0.2) is 5.65 Å². The van der Waals surface area contributed by atoms with Gasteiger partial charge in [-0.05, 0) is 11.6 Å². The summed E-state index contributed by atoms with van der Waals surface area (Å²) in [4.78, 5) is 5.88. The van der Waals surface area contributed by atoms with E-state index in [1.165, 1.54) is 4.80 Å². The highest BCUT2D eigenvalue weighted by atomic mass is 15.5. The van der Waals surface area contributed by atoms with Crippen LogP contribution in [0.15, 0.2) is 55.0 Å². The zero-order valence-electron chi connectivity index (χ0n) is 10.4. The molecule has 0 amide bonds. The molecular weight excluding hydrogens is 252 g/mol. The number of rotatable bonds is 2. The number of hydrogen-bond acceptors (Lipinski definition) is 4. The minimum Gasteiger partial charge on any atom is -0.259 e. The van der Waals surface area contributed by atoms with E-state index in [0.717, 1.165) is 22.2 Å². The van der Waals surface area contributed by atoms with E-state index in [1.54, 1.807) is 12.4 Å². The molecule has 0 saturated heterocycles. The van der Waals surface area contributed by atoms with Crippen LogP contribution in [-0.2, 0) is 0 Å². The molecular formula is C14H10N6. The minimum absolute atomic E-state index is 0.648. The largest absolute Gasteiger partial charge is 0.259 e. The Bertz CT molecular complexity index is 848. The van der Waals surface area contributed by atoms with Crippen molar-refractivity contribution in [2.75, 3.05) is 0 Å². The van der Waals surface area contributed by atoms with Crippen molar-refractivity contribution in [1.29, 1.82) is 0 Å². The van der Waals surface area contributed by atoms with E-state index < -0.39 is 0 Å². The SMILES string of the molecule is c1ccc(-c2cnc3[nH]nc(-n4nccn4)c3c2)cc1. The number of benzene rings is 1. The van der Waals surface area contributed by atoms with Gasteiger partial charge in [0.05, 0.1) is 17.8 Å². The first-order valence-corrected chi connectivity index (χ1v) is 6.18. The molecule has 0 spiro atoms. The van der Waals surface area contributed by atoms with E-state index >= 15 is 0 Å². The van der Waals surface area contributed by atoms with Gasteiger partial charge in [-0.3, -0.25) is 5.10 Å². The molecule has 1 N–H and O–H groups in total. The van der Waals surface area contributed by atoms with Crippen LogP contribution < -0.4 is 0 Å². The molecule has 0 aliphatic heterocycles. The molecule has 96 valence electrons. The fourth-order valence-electron chi connectivity index (χ4n) is 2.16. The molecule has 6 nitrogen and oxygen atoms in total. The third-order valence-electron chi connectivity index (χ3n) is 3.11. The van der Waals surface area contributed by atoms with Crippen LogP contribution in [-0.4, -0.2) is 30.2 Å². The second kappa shape index (κ2) is 4.27. The number of hydrogen-bond donors (Lipinski definition) is 1. The summed E-state index contributed by atoms with van der Waals surface area (Å²) in [5.41, 5.74) is 2.87. The molecule has 0 bridgehead atoms. The molecule has 3 heterocycles. The summed E-state index contributed by atoms with van der Waals surface area (Å²) in [6.45, 7) is 0. The average Bonchev–Trinajstić information content (AvgIpc) is 3.16. The first-order valence-electron chi connectivity index (χ1n) is 6.18. The van der Waals surface area contributed by atoms with Gasteiger partial charge in [-0.2, -0.15) is 15.3 Å². The minimum atomic E-state index is 0.648. The Hall–Kier alpha value is -3.02. The van der Waals surface area contributed by atoms with Gasteiger partial charge in [-0.25, -0.2) is 4.98 Å². The molecule has 0 fully saturated rings. The van der Waals surface area contributed by atoms with Crippen molar-refractivity contribution >= 4 is 11.0 Å². The van der Waals surface area contributed by atoms with Gasteiger partial charge in [0.1, 0.15) is 0 Å². The van der Waals surface area contributed by atoms with Gasteiger partial charge < -0.3 is 0 Å². The van der Waals surface area contributed by atoms with Gasteiger partial charge in [-0.15, -0.1) is 4.80 Å². The van der Waals surface area contributed by atoms with Gasteiger partial charge in [0.25, 0.3) is 0 Å². The molecule has 6 heteroatoms. The van der Waals surface area contributed by atoms with E-state index in [1.807, 2.05) is 30.5 Å². The third kappa shape index (κ3) is 1.66. The molecule has 3 aromatic heterocycles. The zero-order valence-corrected chi connectivity index (χ0v) is 10.4. The Morgan fingerprint density at radius 1 is 0.950 bits per heavy atom. The predicted molar refractivity (Wildman–Crippen MR) is 74.2 cm³/mol. The van der Waals surface area contributed by atoms with Crippen LogP contribution in [0.2, 0.25) is 0 Å². The number of nitrogens with one attached hydrogen (secondary N) is 1. The van der Waals surface area contributed by atoms with Gasteiger partial charge in [0.2, 0.25) is 5.82 Å². The zero-order chi connectivity index (χ0) is 13.4. The lowest BCUT2D eigenvalue weighted by atomic mass is 10.1. The Labute approximate surface area is 114 Å². The topological polar surface area (TPSA) is 72.3 Å². The van der Waals surface area contributed by atoms with Crippen LogP contribution in [0.5, 0.6) is 0 Å². The first-order chi connectivity index (χ1) is 9.92. The maximum Gasteiger partial charge on any atom is 0.204 e. The lowest BCUT2D eigenvalue weighted by molar-refractivity contribution is 0.729. The van der Waals surface area contributed by atoms with Crippen molar-refractivity contribution in [2.24, 2.45) is 0 Å². The summed E-state index contributed by atoms with van der Waals surface area (Å²) in [7, 11) is 0. The highest BCUT2D eigenvalue weighted by molar-refractivity contribution is 5.86. The number of aromatic amines is 1. The molecule has 0 unspecified atom stereocenters. The number of pyridine rings is 1. The number of aromatic nitrogens is 6. The summed E-state index contributed by atoms with van der Waals surface area (Å²) in [5.74, 6) is 0.648. The Morgan fingerprint density at radius 3 is 2.55 bits per heavy atom. The van der Waals surface area contributed by atoms with E-state index in [-0.39, 0.29) is 0 Å². The van der Waals surface area contributed by atoms with Crippen molar-refractivity contribution in [3.05, 3.63) is 55.0 Å². The lowest BCUT2D eigenvalue weighted by Gasteiger charge is -2.01. The van der Waals surface area contributed by atoms with Crippen LogP contribution in [0.3, 0.4) is 0 Å². The molecule has 0 atom stereocenters. The fourth-order valence-corrected chi connectivity index (χ4v) is 2.16. The summed E-state index contributed by atoms with van der Waals surface area (Å²) in [6.07, 6.45) is 5.07. The molecule has 20 heavy (non-hydrogen) atoms. The summed E-state index contributed by atoms with van der Waals surface area (Å²) >= 11 is 0. The molecule has 0 aliphatic rings. The molecule has 0 saturated carbocycles. The molecule has 4 rings (SSSR count). The normalized spacial score (nSPS) is 11.0. The van der Waals surface area contributed by atoms with Gasteiger partial charge in [-0.1, -0.05) is 30.3 Å². The van der Waals surface area contributed by atoms with Crippen LogP contribution in [0.25, 0.3) is 28.0 Å². The predicted octanol–water partition coefficient (Wildman–Crippen LogP) is 2.21. The maximum atomic E-state index is 4.40. The van der Waals surface area contributed by atoms with Crippen molar-refractivity contribution in [3.63, 3.8) is 0 Å². The van der Waals surface area contributed by atoms with Crippen molar-refractivity contribution in [3.8, 4) is 16.9 Å². The van der Waals surface area contributed by atoms with Crippen LogP contribution in [0.1, 0.15) is 0 Å². The number of nitrogens with zero attached hydrogens (tertiary/aromatic N) is 5. The summed E-state index contributed by atoms with van der Waals surface area (Å²) in [5, 5.41) is 16.2. The Morgan fingerprint density at radius 2 is 1.75 bits per heavy atom. The lowest BCUT2D eigenvalue weighted by Crippen LogP contribution is -1.99. The highest BCUT2D eigenvalue weighted by Gasteiger charge is 2.11. The van der Waals surface area contributed by atoms with Gasteiger partial charge >= 0.3 is 0 Å². The monoisotopic (exact) mass is 262 g/mol.